The van der Waals surface area contributed by atoms with E-state index in [4.69, 9.17) is 19.2 Å². The van der Waals surface area contributed by atoms with Gasteiger partial charge in [0.1, 0.15) is 11.6 Å². The van der Waals surface area contributed by atoms with E-state index in [2.05, 4.69) is 18.4 Å². The summed E-state index contributed by atoms with van der Waals surface area (Å²) >= 11 is 0. The molecule has 0 N–H and O–H groups in total. The van der Waals surface area contributed by atoms with E-state index in [1.807, 2.05) is 57.7 Å². The van der Waals surface area contributed by atoms with Crippen LogP contribution in [0.4, 0.5) is 0 Å². The summed E-state index contributed by atoms with van der Waals surface area (Å²) in [5, 5.41) is 0. The van der Waals surface area contributed by atoms with E-state index < -0.39 is 5.97 Å². The van der Waals surface area contributed by atoms with Gasteiger partial charge in [0, 0.05) is 25.8 Å². The topological polar surface area (TPSA) is 89.5 Å². The Hall–Kier alpha value is -4.37. The Kier molecular flexibility index (Phi) is 7.75. The van der Waals surface area contributed by atoms with Crippen molar-refractivity contribution in [3.63, 3.8) is 0 Å². The number of rotatable bonds is 10. The fraction of sp³-hybridized carbons (Fsp3) is 0.323. The van der Waals surface area contributed by atoms with Crippen LogP contribution in [0.15, 0.2) is 65.5 Å². The van der Waals surface area contributed by atoms with Crippen LogP contribution < -0.4 is 10.4 Å². The minimum absolute atomic E-state index is 0.0562. The van der Waals surface area contributed by atoms with Crippen LogP contribution >= 0.6 is 0 Å². The Morgan fingerprint density at radius 3 is 2.42 bits per heavy atom. The smallest absolute Gasteiger partial charge is 0.337 e. The van der Waals surface area contributed by atoms with Crippen LogP contribution in [0.2, 0.25) is 0 Å². The average molecular weight is 543 g/mol. The number of carbonyl (C=O) groups is 1. The van der Waals surface area contributed by atoms with Gasteiger partial charge in [0.15, 0.2) is 0 Å². The molecule has 5 rings (SSSR count). The van der Waals surface area contributed by atoms with E-state index in [-0.39, 0.29) is 5.69 Å². The zero-order valence-electron chi connectivity index (χ0n) is 23.5. The van der Waals surface area contributed by atoms with Gasteiger partial charge in [0.25, 0.3) is 0 Å². The van der Waals surface area contributed by atoms with Crippen molar-refractivity contribution in [1.29, 1.82) is 0 Å². The molecule has 0 spiro atoms. The van der Waals surface area contributed by atoms with Crippen molar-refractivity contribution < 1.29 is 19.0 Å². The summed E-state index contributed by atoms with van der Waals surface area (Å²) in [6.45, 7) is 6.29. The lowest BCUT2D eigenvalue weighted by Gasteiger charge is -2.10. The minimum atomic E-state index is -0.413. The summed E-state index contributed by atoms with van der Waals surface area (Å²) in [5.74, 6) is 1.36. The lowest BCUT2D eigenvalue weighted by Crippen LogP contribution is -2.26. The number of ether oxygens (including phenoxy) is 3. The van der Waals surface area contributed by atoms with Gasteiger partial charge in [-0.15, -0.1) is 0 Å². The van der Waals surface area contributed by atoms with Crippen LogP contribution in [0.25, 0.3) is 33.5 Å². The predicted octanol–water partition coefficient (Wildman–Crippen LogP) is 4.97. The molecule has 0 unspecified atom stereocenters. The minimum Gasteiger partial charge on any atom is -0.497 e. The van der Waals surface area contributed by atoms with Gasteiger partial charge in [-0.2, -0.15) is 0 Å². The second-order valence-corrected chi connectivity index (χ2v) is 10.2. The van der Waals surface area contributed by atoms with E-state index in [1.165, 1.54) is 7.11 Å². The Balaban J connectivity index is 1.69. The standard InChI is InChI=1S/C31H34N4O5/c1-20(2)18-34-27-12-9-22(17-28(27)35(31(34)37)19-21-7-6-8-24(15-21)39-4)29-32-25-16-23(30(36)40-5)10-11-26(25)33(29)13-14-38-3/h6-12,15-17,20H,13-14,18-19H2,1-5H3. The maximum absolute atomic E-state index is 13.7. The number of aromatic nitrogens is 4. The molecular formula is C31H34N4O5. The molecule has 0 aliphatic rings. The molecule has 0 fully saturated rings. The van der Waals surface area contributed by atoms with Crippen LogP contribution in [-0.2, 0) is 29.1 Å². The molecule has 0 aliphatic carbocycles. The second-order valence-electron chi connectivity index (χ2n) is 10.2. The van der Waals surface area contributed by atoms with Crippen molar-refractivity contribution in [2.75, 3.05) is 27.9 Å². The molecule has 0 atom stereocenters. The average Bonchev–Trinajstić information content (AvgIpc) is 3.45. The zero-order chi connectivity index (χ0) is 28.4. The van der Waals surface area contributed by atoms with Crippen molar-refractivity contribution in [3.8, 4) is 17.1 Å². The van der Waals surface area contributed by atoms with E-state index in [0.717, 1.165) is 39.3 Å². The van der Waals surface area contributed by atoms with Crippen molar-refractivity contribution in [3.05, 3.63) is 82.3 Å². The molecule has 9 nitrogen and oxygen atoms in total. The first kappa shape index (κ1) is 27.2. The first-order valence-electron chi connectivity index (χ1n) is 13.3. The number of esters is 1. The number of benzene rings is 3. The molecule has 5 aromatic rings. The molecule has 0 aliphatic heterocycles. The van der Waals surface area contributed by atoms with Crippen LogP contribution in [0, 0.1) is 5.92 Å². The van der Waals surface area contributed by atoms with Crippen molar-refractivity contribution in [2.45, 2.75) is 33.5 Å². The Morgan fingerprint density at radius 1 is 0.900 bits per heavy atom. The SMILES string of the molecule is COCCn1c(-c2ccc3c(c2)n(Cc2cccc(OC)c2)c(=O)n3CC(C)C)nc2cc(C(=O)OC)ccc21. The summed E-state index contributed by atoms with van der Waals surface area (Å²) < 4.78 is 21.4. The van der Waals surface area contributed by atoms with Gasteiger partial charge in [0.05, 0.1) is 55.0 Å². The highest BCUT2D eigenvalue weighted by atomic mass is 16.5. The van der Waals surface area contributed by atoms with Crippen LogP contribution in [0.5, 0.6) is 5.75 Å². The fourth-order valence-corrected chi connectivity index (χ4v) is 5.11. The largest absolute Gasteiger partial charge is 0.497 e. The molecule has 9 heteroatoms. The van der Waals surface area contributed by atoms with Crippen molar-refractivity contribution in [1.82, 2.24) is 18.7 Å². The third-order valence-corrected chi connectivity index (χ3v) is 6.99. The van der Waals surface area contributed by atoms with Gasteiger partial charge in [-0.25, -0.2) is 14.6 Å². The van der Waals surface area contributed by atoms with Gasteiger partial charge in [0.2, 0.25) is 0 Å². The molecule has 40 heavy (non-hydrogen) atoms. The van der Waals surface area contributed by atoms with Crippen LogP contribution in [-0.4, -0.2) is 52.6 Å². The summed E-state index contributed by atoms with van der Waals surface area (Å²) in [6.07, 6.45) is 0. The van der Waals surface area contributed by atoms with Gasteiger partial charge >= 0.3 is 11.7 Å². The maximum atomic E-state index is 13.7. The number of carbonyl (C=O) groups excluding carboxylic acids is 1. The summed E-state index contributed by atoms with van der Waals surface area (Å²) in [5.41, 5.74) is 5.47. The van der Waals surface area contributed by atoms with E-state index in [1.54, 1.807) is 26.4 Å². The molecule has 208 valence electrons. The maximum Gasteiger partial charge on any atom is 0.337 e. The van der Waals surface area contributed by atoms with E-state index in [0.29, 0.717) is 43.2 Å². The number of methoxy groups -OCH3 is 3. The number of fused-ring (bicyclic) bond motifs is 2. The monoisotopic (exact) mass is 542 g/mol. The van der Waals surface area contributed by atoms with Crippen molar-refractivity contribution >= 4 is 28.0 Å². The Morgan fingerprint density at radius 2 is 1.70 bits per heavy atom. The predicted molar refractivity (Wildman–Crippen MR) is 155 cm³/mol. The molecule has 0 bridgehead atoms. The molecular weight excluding hydrogens is 508 g/mol. The number of imidazole rings is 2. The molecule has 0 saturated carbocycles. The number of nitrogens with zero attached hydrogens (tertiary/aromatic N) is 4. The first-order valence-corrected chi connectivity index (χ1v) is 13.3. The van der Waals surface area contributed by atoms with E-state index in [9.17, 15) is 9.59 Å². The molecule has 3 aromatic carbocycles. The number of hydrogen-bond donors (Lipinski definition) is 0. The molecule has 0 amide bonds. The normalized spacial score (nSPS) is 11.6. The summed E-state index contributed by atoms with van der Waals surface area (Å²) in [6, 6.07) is 19.1. The van der Waals surface area contributed by atoms with E-state index >= 15 is 0 Å². The highest BCUT2D eigenvalue weighted by Crippen LogP contribution is 2.29. The van der Waals surface area contributed by atoms with Crippen molar-refractivity contribution in [2.24, 2.45) is 5.92 Å². The Bertz CT molecular complexity index is 1740. The quantitative estimate of drug-likeness (QED) is 0.232. The van der Waals surface area contributed by atoms with Gasteiger partial charge in [-0.05, 0) is 60.0 Å². The zero-order valence-corrected chi connectivity index (χ0v) is 23.5. The molecule has 2 heterocycles. The van der Waals surface area contributed by atoms with Gasteiger partial charge in [-0.3, -0.25) is 9.13 Å². The molecule has 2 aromatic heterocycles. The second kappa shape index (κ2) is 11.4. The Labute approximate surface area is 232 Å². The highest BCUT2D eigenvalue weighted by molar-refractivity contribution is 5.94. The molecule has 0 radical (unpaired) electrons. The van der Waals surface area contributed by atoms with Gasteiger partial charge < -0.3 is 18.8 Å². The summed E-state index contributed by atoms with van der Waals surface area (Å²) in [7, 11) is 4.66. The highest BCUT2D eigenvalue weighted by Gasteiger charge is 2.19. The third kappa shape index (κ3) is 5.12. The number of hydrogen-bond acceptors (Lipinski definition) is 6. The lowest BCUT2D eigenvalue weighted by atomic mass is 10.1. The fourth-order valence-electron chi connectivity index (χ4n) is 5.11. The summed E-state index contributed by atoms with van der Waals surface area (Å²) in [4.78, 5) is 30.8. The molecule has 0 saturated heterocycles. The third-order valence-electron chi connectivity index (χ3n) is 6.99. The first-order chi connectivity index (χ1) is 19.3. The van der Waals surface area contributed by atoms with Crippen LogP contribution in [0.1, 0.15) is 29.8 Å². The van der Waals surface area contributed by atoms with Crippen LogP contribution in [0.3, 0.4) is 0 Å². The van der Waals surface area contributed by atoms with Gasteiger partial charge in [-0.1, -0.05) is 26.0 Å². The lowest BCUT2D eigenvalue weighted by molar-refractivity contribution is 0.0601.